The van der Waals surface area contributed by atoms with Gasteiger partial charge in [-0.25, -0.2) is 9.97 Å². The minimum atomic E-state index is -0.181. The average Bonchev–Trinajstić information content (AvgIpc) is 3.07. The van der Waals surface area contributed by atoms with E-state index in [0.717, 1.165) is 42.0 Å². The molecule has 3 aromatic rings. The van der Waals surface area contributed by atoms with Crippen LogP contribution in [0.3, 0.4) is 0 Å². The molecule has 1 N–H and O–H groups in total. The first kappa shape index (κ1) is 16.5. The third-order valence-electron chi connectivity index (χ3n) is 5.00. The Hall–Kier alpha value is -1.98. The van der Waals surface area contributed by atoms with Crippen molar-refractivity contribution in [3.63, 3.8) is 0 Å². The molecule has 0 saturated carbocycles. The van der Waals surface area contributed by atoms with Crippen LogP contribution in [0.15, 0.2) is 36.0 Å². The van der Waals surface area contributed by atoms with Crippen molar-refractivity contribution in [3.8, 4) is 11.1 Å². The van der Waals surface area contributed by atoms with Crippen LogP contribution in [0.4, 0.5) is 5.82 Å². The molecule has 1 aromatic carbocycles. The lowest BCUT2D eigenvalue weighted by atomic mass is 9.98. The van der Waals surface area contributed by atoms with E-state index in [1.807, 2.05) is 0 Å². The summed E-state index contributed by atoms with van der Waals surface area (Å²) >= 11 is 1.67. The van der Waals surface area contributed by atoms with Crippen LogP contribution in [0, 0.1) is 0 Å². The van der Waals surface area contributed by atoms with E-state index in [2.05, 4.69) is 58.4 Å². The van der Waals surface area contributed by atoms with Gasteiger partial charge >= 0.3 is 0 Å². The summed E-state index contributed by atoms with van der Waals surface area (Å²) < 4.78 is 0. The van der Waals surface area contributed by atoms with E-state index < -0.39 is 0 Å². The summed E-state index contributed by atoms with van der Waals surface area (Å²) in [7, 11) is 0. The first-order valence-corrected chi connectivity index (χ1v) is 9.77. The molecule has 130 valence electrons. The van der Waals surface area contributed by atoms with Crippen molar-refractivity contribution in [3.05, 3.63) is 41.5 Å². The number of aliphatic hydroxyl groups is 1. The number of piperidine rings is 1. The smallest absolute Gasteiger partial charge is 0.141 e. The molecular formula is C20H23N3OS. The summed E-state index contributed by atoms with van der Waals surface area (Å²) in [5.41, 5.74) is 3.77. The Morgan fingerprint density at radius 1 is 1.12 bits per heavy atom. The molecular weight excluding hydrogens is 330 g/mol. The fraction of sp³-hybridized carbons (Fsp3) is 0.400. The number of benzene rings is 1. The minimum absolute atomic E-state index is 0.181. The molecule has 5 heteroatoms. The summed E-state index contributed by atoms with van der Waals surface area (Å²) in [5.74, 6) is 1.54. The van der Waals surface area contributed by atoms with Crippen LogP contribution >= 0.6 is 11.3 Å². The Bertz CT molecular complexity index is 864. The molecule has 2 aromatic heterocycles. The van der Waals surface area contributed by atoms with Crippen LogP contribution < -0.4 is 4.90 Å². The van der Waals surface area contributed by atoms with Gasteiger partial charge in [-0.1, -0.05) is 38.1 Å². The van der Waals surface area contributed by atoms with E-state index in [-0.39, 0.29) is 6.10 Å². The van der Waals surface area contributed by atoms with Crippen molar-refractivity contribution in [2.24, 2.45) is 0 Å². The summed E-state index contributed by atoms with van der Waals surface area (Å²) in [6.07, 6.45) is 3.08. The molecule has 0 spiro atoms. The topological polar surface area (TPSA) is 49.2 Å². The number of thiophene rings is 1. The lowest BCUT2D eigenvalue weighted by Crippen LogP contribution is -2.36. The monoisotopic (exact) mass is 353 g/mol. The first-order valence-electron chi connectivity index (χ1n) is 8.89. The molecule has 0 bridgehead atoms. The number of anilines is 1. The van der Waals surface area contributed by atoms with Gasteiger partial charge in [-0.15, -0.1) is 11.3 Å². The number of nitrogens with zero attached hydrogens (tertiary/aromatic N) is 3. The third kappa shape index (κ3) is 3.14. The van der Waals surface area contributed by atoms with Gasteiger partial charge in [0.15, 0.2) is 0 Å². The summed E-state index contributed by atoms with van der Waals surface area (Å²) in [4.78, 5) is 12.4. The molecule has 0 atom stereocenters. The van der Waals surface area contributed by atoms with Gasteiger partial charge in [0.05, 0.1) is 11.5 Å². The van der Waals surface area contributed by atoms with E-state index in [9.17, 15) is 5.11 Å². The van der Waals surface area contributed by atoms with E-state index in [1.165, 1.54) is 16.7 Å². The van der Waals surface area contributed by atoms with Crippen molar-refractivity contribution < 1.29 is 5.11 Å². The predicted molar refractivity (Wildman–Crippen MR) is 104 cm³/mol. The van der Waals surface area contributed by atoms with Gasteiger partial charge in [-0.3, -0.25) is 0 Å². The van der Waals surface area contributed by atoms with Crippen LogP contribution in [-0.4, -0.2) is 34.3 Å². The molecule has 1 aliphatic heterocycles. The van der Waals surface area contributed by atoms with E-state index in [1.54, 1.807) is 17.7 Å². The second-order valence-electron chi connectivity index (χ2n) is 7.02. The van der Waals surface area contributed by atoms with Gasteiger partial charge in [0.25, 0.3) is 0 Å². The standard InChI is InChI=1S/C20H23N3OS/c1-13(2)14-3-5-15(6-4-14)17-11-25-20-18(17)19(21-12-22-20)23-9-7-16(24)8-10-23/h3-6,11-13,16,24H,7-10H2,1-2H3. The maximum atomic E-state index is 9.79. The Morgan fingerprint density at radius 3 is 2.52 bits per heavy atom. The second-order valence-corrected chi connectivity index (χ2v) is 7.88. The largest absolute Gasteiger partial charge is 0.393 e. The highest BCUT2D eigenvalue weighted by Crippen LogP contribution is 2.38. The zero-order valence-electron chi connectivity index (χ0n) is 14.6. The summed E-state index contributed by atoms with van der Waals surface area (Å²) in [6, 6.07) is 8.83. The fourth-order valence-corrected chi connectivity index (χ4v) is 4.35. The fourth-order valence-electron chi connectivity index (χ4n) is 3.44. The molecule has 1 fully saturated rings. The van der Waals surface area contributed by atoms with Crippen molar-refractivity contribution in [2.45, 2.75) is 38.7 Å². The predicted octanol–water partition coefficient (Wildman–Crippen LogP) is 4.44. The van der Waals surface area contributed by atoms with Crippen LogP contribution in [0.2, 0.25) is 0 Å². The number of aromatic nitrogens is 2. The third-order valence-corrected chi connectivity index (χ3v) is 5.89. The number of hydrogen-bond acceptors (Lipinski definition) is 5. The van der Waals surface area contributed by atoms with Gasteiger partial charge in [0.2, 0.25) is 0 Å². The molecule has 1 aliphatic rings. The maximum absolute atomic E-state index is 9.79. The molecule has 4 rings (SSSR count). The highest BCUT2D eigenvalue weighted by molar-refractivity contribution is 7.17. The van der Waals surface area contributed by atoms with Crippen molar-refractivity contribution in [2.75, 3.05) is 18.0 Å². The zero-order valence-corrected chi connectivity index (χ0v) is 15.5. The lowest BCUT2D eigenvalue weighted by Gasteiger charge is -2.31. The average molecular weight is 353 g/mol. The molecule has 0 amide bonds. The Labute approximate surface area is 152 Å². The van der Waals surface area contributed by atoms with E-state index >= 15 is 0 Å². The molecule has 25 heavy (non-hydrogen) atoms. The van der Waals surface area contributed by atoms with Crippen molar-refractivity contribution >= 4 is 27.4 Å². The highest BCUT2D eigenvalue weighted by Gasteiger charge is 2.22. The Balaban J connectivity index is 1.77. The molecule has 0 aliphatic carbocycles. The van der Waals surface area contributed by atoms with E-state index in [4.69, 9.17) is 0 Å². The van der Waals surface area contributed by atoms with Crippen LogP contribution in [0.5, 0.6) is 0 Å². The molecule has 1 saturated heterocycles. The molecule has 4 nitrogen and oxygen atoms in total. The van der Waals surface area contributed by atoms with Gasteiger partial charge in [0.1, 0.15) is 17.0 Å². The van der Waals surface area contributed by atoms with Gasteiger partial charge in [-0.2, -0.15) is 0 Å². The number of fused-ring (bicyclic) bond motifs is 1. The summed E-state index contributed by atoms with van der Waals surface area (Å²) in [6.45, 7) is 6.11. The van der Waals surface area contributed by atoms with Crippen molar-refractivity contribution in [1.82, 2.24) is 9.97 Å². The molecule has 0 radical (unpaired) electrons. The number of aliphatic hydroxyl groups excluding tert-OH is 1. The quantitative estimate of drug-likeness (QED) is 0.756. The van der Waals surface area contributed by atoms with Crippen LogP contribution in [-0.2, 0) is 0 Å². The number of rotatable bonds is 3. The van der Waals surface area contributed by atoms with Gasteiger partial charge in [-0.05, 0) is 29.9 Å². The number of hydrogen-bond donors (Lipinski definition) is 1. The van der Waals surface area contributed by atoms with Crippen molar-refractivity contribution in [1.29, 1.82) is 0 Å². The molecule has 0 unspecified atom stereocenters. The summed E-state index contributed by atoms with van der Waals surface area (Å²) in [5, 5.41) is 13.1. The Kier molecular flexibility index (Phi) is 4.44. The SMILES string of the molecule is CC(C)c1ccc(-c2csc3ncnc(N4CCC(O)CC4)c23)cc1. The highest BCUT2D eigenvalue weighted by atomic mass is 32.1. The van der Waals surface area contributed by atoms with E-state index in [0.29, 0.717) is 5.92 Å². The maximum Gasteiger partial charge on any atom is 0.141 e. The van der Waals surface area contributed by atoms with Gasteiger partial charge in [0, 0.05) is 24.0 Å². The lowest BCUT2D eigenvalue weighted by molar-refractivity contribution is 0.145. The molecule has 3 heterocycles. The zero-order chi connectivity index (χ0) is 17.4. The van der Waals surface area contributed by atoms with Crippen LogP contribution in [0.25, 0.3) is 21.3 Å². The first-order chi connectivity index (χ1) is 12.1. The second kappa shape index (κ2) is 6.73. The minimum Gasteiger partial charge on any atom is -0.393 e. The van der Waals surface area contributed by atoms with Gasteiger partial charge < -0.3 is 10.0 Å². The Morgan fingerprint density at radius 2 is 1.84 bits per heavy atom. The van der Waals surface area contributed by atoms with Crippen LogP contribution in [0.1, 0.15) is 38.2 Å². The normalized spacial score (nSPS) is 16.1.